The van der Waals surface area contributed by atoms with Crippen molar-refractivity contribution in [3.05, 3.63) is 59.5 Å². The van der Waals surface area contributed by atoms with Crippen molar-refractivity contribution in [3.63, 3.8) is 0 Å². The maximum absolute atomic E-state index is 13.4. The molecule has 0 spiro atoms. The van der Waals surface area contributed by atoms with Crippen LogP contribution in [0.2, 0.25) is 0 Å². The molecule has 0 bridgehead atoms. The third-order valence-electron chi connectivity index (χ3n) is 7.88. The number of nitriles is 1. The van der Waals surface area contributed by atoms with Gasteiger partial charge in [0.05, 0.1) is 35.5 Å². The molecule has 3 atom stereocenters. The molecule has 5 heteroatoms. The first-order valence-electron chi connectivity index (χ1n) is 11.3. The van der Waals surface area contributed by atoms with E-state index in [1.165, 1.54) is 23.3 Å². The van der Waals surface area contributed by atoms with Crippen molar-refractivity contribution in [1.29, 1.82) is 5.26 Å². The number of aliphatic hydroxyl groups is 1. The molecule has 0 saturated heterocycles. The monoisotopic (exact) mass is 417 g/mol. The summed E-state index contributed by atoms with van der Waals surface area (Å²) < 4.78 is 15.3. The van der Waals surface area contributed by atoms with Crippen LogP contribution >= 0.6 is 0 Å². The van der Waals surface area contributed by atoms with Crippen LogP contribution in [0.3, 0.4) is 0 Å². The van der Waals surface area contributed by atoms with Crippen molar-refractivity contribution in [2.75, 3.05) is 0 Å². The van der Waals surface area contributed by atoms with E-state index in [-0.39, 0.29) is 17.7 Å². The molecule has 0 unspecified atom stereocenters. The van der Waals surface area contributed by atoms with Gasteiger partial charge >= 0.3 is 0 Å². The number of hydrogen-bond acceptors (Lipinski definition) is 3. The average molecular weight is 418 g/mol. The minimum absolute atomic E-state index is 0.0414. The molecule has 5 rings (SSSR count). The van der Waals surface area contributed by atoms with Crippen molar-refractivity contribution in [1.82, 2.24) is 9.78 Å². The fourth-order valence-corrected chi connectivity index (χ4v) is 6.23. The van der Waals surface area contributed by atoms with E-state index >= 15 is 0 Å². The predicted octanol–water partition coefficient (Wildman–Crippen LogP) is 5.59. The molecule has 31 heavy (non-hydrogen) atoms. The maximum atomic E-state index is 13.4. The molecule has 4 nitrogen and oxygen atoms in total. The lowest BCUT2D eigenvalue weighted by Crippen LogP contribution is -2.47. The third-order valence-corrected chi connectivity index (χ3v) is 7.88. The summed E-state index contributed by atoms with van der Waals surface area (Å²) in [7, 11) is 0. The van der Waals surface area contributed by atoms with E-state index in [0.29, 0.717) is 18.8 Å². The lowest BCUT2D eigenvalue weighted by atomic mass is 9.56. The van der Waals surface area contributed by atoms with Gasteiger partial charge in [0.15, 0.2) is 0 Å². The SMILES string of the molecule is CC[C@@]12CC[C@](O)(CC#N)C[C@@H]1CCCc1cc3c(cnn3-c3ccc(F)cc3)cc12. The van der Waals surface area contributed by atoms with Crippen LogP contribution < -0.4 is 0 Å². The average Bonchev–Trinajstić information content (AvgIpc) is 3.10. The van der Waals surface area contributed by atoms with Crippen molar-refractivity contribution < 1.29 is 9.50 Å². The van der Waals surface area contributed by atoms with Crippen LogP contribution in [0.1, 0.15) is 63.0 Å². The number of halogens is 1. The van der Waals surface area contributed by atoms with Crippen LogP contribution in [0.5, 0.6) is 0 Å². The van der Waals surface area contributed by atoms with Crippen molar-refractivity contribution in [3.8, 4) is 11.8 Å². The summed E-state index contributed by atoms with van der Waals surface area (Å²) in [4.78, 5) is 0. The van der Waals surface area contributed by atoms with E-state index in [2.05, 4.69) is 30.2 Å². The Labute approximate surface area is 182 Å². The van der Waals surface area contributed by atoms with Crippen LogP contribution in [0, 0.1) is 23.1 Å². The predicted molar refractivity (Wildman–Crippen MR) is 118 cm³/mol. The van der Waals surface area contributed by atoms with E-state index < -0.39 is 5.60 Å². The quantitative estimate of drug-likeness (QED) is 0.604. The topological polar surface area (TPSA) is 61.8 Å². The van der Waals surface area contributed by atoms with E-state index in [9.17, 15) is 14.8 Å². The molecule has 1 fully saturated rings. The lowest BCUT2D eigenvalue weighted by Gasteiger charge is -2.49. The Morgan fingerprint density at radius 2 is 2.06 bits per heavy atom. The molecule has 2 aromatic carbocycles. The van der Waals surface area contributed by atoms with E-state index in [4.69, 9.17) is 0 Å². The van der Waals surface area contributed by atoms with Gasteiger partial charge in [-0.15, -0.1) is 0 Å². The molecule has 1 N–H and O–H groups in total. The zero-order valence-electron chi connectivity index (χ0n) is 17.9. The van der Waals surface area contributed by atoms with Gasteiger partial charge in [0.2, 0.25) is 0 Å². The normalized spacial score (nSPS) is 27.9. The molecule has 2 aliphatic carbocycles. The van der Waals surface area contributed by atoms with Crippen LogP contribution in [-0.4, -0.2) is 20.5 Å². The van der Waals surface area contributed by atoms with Crippen LogP contribution in [0.4, 0.5) is 4.39 Å². The molecule has 2 aliphatic rings. The largest absolute Gasteiger partial charge is 0.389 e. The van der Waals surface area contributed by atoms with Gasteiger partial charge in [0.1, 0.15) is 5.82 Å². The minimum Gasteiger partial charge on any atom is -0.389 e. The summed E-state index contributed by atoms with van der Waals surface area (Å²) in [5.74, 6) is 0.133. The zero-order chi connectivity index (χ0) is 21.6. The third kappa shape index (κ3) is 3.25. The number of nitrogens with zero attached hydrogens (tertiary/aromatic N) is 3. The van der Waals surface area contributed by atoms with Gasteiger partial charge in [-0.3, -0.25) is 0 Å². The number of aromatic nitrogens is 2. The number of aryl methyl sites for hydroxylation is 1. The van der Waals surface area contributed by atoms with Crippen molar-refractivity contribution >= 4 is 10.9 Å². The zero-order valence-corrected chi connectivity index (χ0v) is 17.9. The Hall–Kier alpha value is -2.71. The second-order valence-corrected chi connectivity index (χ2v) is 9.46. The first-order chi connectivity index (χ1) is 15.0. The number of benzene rings is 2. The first kappa shape index (κ1) is 20.2. The van der Waals surface area contributed by atoms with Crippen molar-refractivity contribution in [2.45, 2.75) is 69.3 Å². The van der Waals surface area contributed by atoms with Crippen LogP contribution in [-0.2, 0) is 11.8 Å². The summed E-state index contributed by atoms with van der Waals surface area (Å²) >= 11 is 0. The lowest BCUT2D eigenvalue weighted by molar-refractivity contribution is -0.0446. The van der Waals surface area contributed by atoms with Crippen molar-refractivity contribution in [2.24, 2.45) is 5.92 Å². The summed E-state index contributed by atoms with van der Waals surface area (Å²) in [6.45, 7) is 2.27. The Balaban J connectivity index is 1.61. The van der Waals surface area contributed by atoms with Gasteiger partial charge in [0, 0.05) is 5.39 Å². The maximum Gasteiger partial charge on any atom is 0.123 e. The molecule has 1 aromatic heterocycles. The number of fused-ring (bicyclic) bond motifs is 4. The standard InChI is InChI=1S/C26H28FN3O/c1-2-26-11-10-25(31,12-13-28)16-20(26)5-3-4-18-15-24-19(14-23(18)26)17-29-30(24)22-8-6-21(27)7-9-22/h6-9,14-15,17,20,31H,2-5,10-12,16H2,1H3/t20-,25-,26+/m0/s1. The van der Waals surface area contributed by atoms with Gasteiger partial charge in [-0.05, 0) is 104 Å². The van der Waals surface area contributed by atoms with Gasteiger partial charge < -0.3 is 5.11 Å². The molecule has 0 radical (unpaired) electrons. The van der Waals surface area contributed by atoms with Gasteiger partial charge in [0.25, 0.3) is 0 Å². The minimum atomic E-state index is -0.847. The van der Waals surface area contributed by atoms with Gasteiger partial charge in [-0.1, -0.05) is 6.92 Å². The fraction of sp³-hybridized carbons (Fsp3) is 0.462. The molecule has 160 valence electrons. The highest BCUT2D eigenvalue weighted by molar-refractivity contribution is 5.82. The van der Waals surface area contributed by atoms with Gasteiger partial charge in [-0.2, -0.15) is 10.4 Å². The van der Waals surface area contributed by atoms with E-state index in [1.54, 1.807) is 12.1 Å². The number of rotatable bonds is 3. The highest BCUT2D eigenvalue weighted by atomic mass is 19.1. The summed E-state index contributed by atoms with van der Waals surface area (Å²) in [6, 6.07) is 13.2. The van der Waals surface area contributed by atoms with Crippen LogP contribution in [0.15, 0.2) is 42.6 Å². The Kier molecular flexibility index (Phi) is 4.86. The van der Waals surface area contributed by atoms with E-state index in [0.717, 1.165) is 48.7 Å². The number of hydrogen-bond donors (Lipinski definition) is 1. The second kappa shape index (κ2) is 7.46. The Morgan fingerprint density at radius 1 is 1.26 bits per heavy atom. The summed E-state index contributed by atoms with van der Waals surface area (Å²) in [6.07, 6.45) is 8.63. The fourth-order valence-electron chi connectivity index (χ4n) is 6.23. The Bertz CT molecular complexity index is 1160. The summed E-state index contributed by atoms with van der Waals surface area (Å²) in [5, 5.41) is 25.9. The molecule has 0 aliphatic heterocycles. The highest BCUT2D eigenvalue weighted by Gasteiger charge is 2.49. The second-order valence-electron chi connectivity index (χ2n) is 9.46. The van der Waals surface area contributed by atoms with Crippen LogP contribution in [0.25, 0.3) is 16.6 Å². The Morgan fingerprint density at radius 3 is 2.81 bits per heavy atom. The smallest absolute Gasteiger partial charge is 0.123 e. The molecule has 3 aromatic rings. The molecular formula is C26H28FN3O. The molecule has 1 saturated carbocycles. The highest BCUT2D eigenvalue weighted by Crippen LogP contribution is 2.54. The van der Waals surface area contributed by atoms with E-state index in [1.807, 2.05) is 10.9 Å². The summed E-state index contributed by atoms with van der Waals surface area (Å²) in [5.41, 5.74) is 3.87. The molecular weight excluding hydrogens is 389 g/mol. The first-order valence-corrected chi connectivity index (χ1v) is 11.3. The molecule has 1 heterocycles. The molecule has 0 amide bonds. The van der Waals surface area contributed by atoms with Gasteiger partial charge in [-0.25, -0.2) is 9.07 Å².